The minimum Gasteiger partial charge on any atom is -0.469 e. The maximum Gasteiger partial charge on any atom is 0.310 e. The van der Waals surface area contributed by atoms with E-state index < -0.39 is 0 Å². The standard InChI is InChI=1S/C18H33N3O4.HI/c1-14(17(22)23-3)12-20-18(19-2)21-9-7-15(8-10-21)25-13-16-6-4-5-11-24-16;/h14-16H,4-13H2,1-3H3,(H,19,20);1H. The Bertz CT molecular complexity index is 436. The van der Waals surface area contributed by atoms with Gasteiger partial charge in [-0.05, 0) is 32.1 Å². The fraction of sp³-hybridized carbons (Fsp3) is 0.889. The topological polar surface area (TPSA) is 72.4 Å². The SMILES string of the molecule is CN=C(NCC(C)C(=O)OC)N1CCC(OCC2CCCCO2)CC1.I. The van der Waals surface area contributed by atoms with E-state index in [9.17, 15) is 4.79 Å². The van der Waals surface area contributed by atoms with E-state index in [0.717, 1.165) is 44.9 Å². The van der Waals surface area contributed by atoms with E-state index in [0.29, 0.717) is 19.3 Å². The summed E-state index contributed by atoms with van der Waals surface area (Å²) in [5, 5.41) is 3.27. The average molecular weight is 483 g/mol. The van der Waals surface area contributed by atoms with Crippen LogP contribution in [0.3, 0.4) is 0 Å². The second kappa shape index (κ2) is 12.7. The van der Waals surface area contributed by atoms with Crippen LogP contribution in [0.2, 0.25) is 0 Å². The van der Waals surface area contributed by atoms with E-state index in [2.05, 4.69) is 15.2 Å². The predicted octanol–water partition coefficient (Wildman–Crippen LogP) is 2.04. The van der Waals surface area contributed by atoms with Gasteiger partial charge < -0.3 is 24.4 Å². The van der Waals surface area contributed by atoms with Crippen molar-refractivity contribution in [3.8, 4) is 0 Å². The Labute approximate surface area is 174 Å². The van der Waals surface area contributed by atoms with Gasteiger partial charge in [-0.15, -0.1) is 24.0 Å². The number of aliphatic imine (C=N–C) groups is 1. The minimum absolute atomic E-state index is 0. The molecule has 0 aromatic carbocycles. The molecule has 0 aromatic rings. The second-order valence-corrected chi connectivity index (χ2v) is 6.86. The van der Waals surface area contributed by atoms with Crippen molar-refractivity contribution < 1.29 is 19.0 Å². The number of hydrogen-bond donors (Lipinski definition) is 1. The van der Waals surface area contributed by atoms with Gasteiger partial charge in [0.2, 0.25) is 0 Å². The zero-order valence-electron chi connectivity index (χ0n) is 16.2. The molecule has 152 valence electrons. The molecular weight excluding hydrogens is 449 g/mol. The first-order valence-electron chi connectivity index (χ1n) is 9.40. The van der Waals surface area contributed by atoms with Crippen molar-refractivity contribution in [1.82, 2.24) is 10.2 Å². The lowest BCUT2D eigenvalue weighted by Gasteiger charge is -2.35. The number of rotatable bonds is 6. The normalized spacial score (nSPS) is 23.1. The molecule has 0 radical (unpaired) electrons. The molecule has 0 bridgehead atoms. The number of ether oxygens (including phenoxy) is 3. The summed E-state index contributed by atoms with van der Waals surface area (Å²) in [6, 6.07) is 0. The van der Waals surface area contributed by atoms with Crippen LogP contribution >= 0.6 is 24.0 Å². The Morgan fingerprint density at radius 2 is 2.04 bits per heavy atom. The first kappa shape index (κ1) is 23.4. The van der Waals surface area contributed by atoms with Crippen molar-refractivity contribution in [1.29, 1.82) is 0 Å². The predicted molar refractivity (Wildman–Crippen MR) is 112 cm³/mol. The van der Waals surface area contributed by atoms with Crippen molar-refractivity contribution in [2.45, 2.75) is 51.2 Å². The number of carbonyl (C=O) groups excluding carboxylic acids is 1. The van der Waals surface area contributed by atoms with Crippen LogP contribution in [0.1, 0.15) is 39.0 Å². The van der Waals surface area contributed by atoms with Crippen LogP contribution in [0.25, 0.3) is 0 Å². The van der Waals surface area contributed by atoms with Crippen molar-refractivity contribution >= 4 is 35.9 Å². The zero-order chi connectivity index (χ0) is 18.1. The highest BCUT2D eigenvalue weighted by Crippen LogP contribution is 2.18. The molecule has 2 fully saturated rings. The van der Waals surface area contributed by atoms with Gasteiger partial charge in [0.15, 0.2) is 5.96 Å². The fourth-order valence-electron chi connectivity index (χ4n) is 3.28. The Hall–Kier alpha value is -0.610. The average Bonchev–Trinajstić information content (AvgIpc) is 2.67. The molecule has 7 nitrogen and oxygen atoms in total. The number of nitrogens with one attached hydrogen (secondary N) is 1. The molecule has 2 unspecified atom stereocenters. The molecule has 2 rings (SSSR count). The van der Waals surface area contributed by atoms with Gasteiger partial charge in [0.1, 0.15) is 0 Å². The number of piperidine rings is 1. The Kier molecular flexibility index (Phi) is 11.5. The molecule has 0 amide bonds. The van der Waals surface area contributed by atoms with Gasteiger partial charge in [-0.3, -0.25) is 9.79 Å². The summed E-state index contributed by atoms with van der Waals surface area (Å²) in [5.74, 6) is 0.433. The van der Waals surface area contributed by atoms with Crippen LogP contribution in [-0.2, 0) is 19.0 Å². The maximum atomic E-state index is 11.5. The number of likely N-dealkylation sites (tertiary alicyclic amines) is 1. The second-order valence-electron chi connectivity index (χ2n) is 6.86. The molecule has 0 aliphatic carbocycles. The van der Waals surface area contributed by atoms with Crippen molar-refractivity contribution in [2.24, 2.45) is 10.9 Å². The molecule has 2 atom stereocenters. The number of methoxy groups -OCH3 is 1. The van der Waals surface area contributed by atoms with Crippen LogP contribution in [0.15, 0.2) is 4.99 Å². The van der Waals surface area contributed by atoms with Gasteiger partial charge in [-0.2, -0.15) is 0 Å². The number of carbonyl (C=O) groups is 1. The first-order valence-corrected chi connectivity index (χ1v) is 9.40. The fourth-order valence-corrected chi connectivity index (χ4v) is 3.28. The Morgan fingerprint density at radius 1 is 1.31 bits per heavy atom. The molecule has 2 saturated heterocycles. The highest BCUT2D eigenvalue weighted by atomic mass is 127. The monoisotopic (exact) mass is 483 g/mol. The molecule has 26 heavy (non-hydrogen) atoms. The number of nitrogens with zero attached hydrogens (tertiary/aromatic N) is 2. The van der Waals surface area contributed by atoms with Gasteiger partial charge in [0, 0.05) is 33.3 Å². The summed E-state index contributed by atoms with van der Waals surface area (Å²) in [6.45, 7) is 5.77. The third kappa shape index (κ3) is 7.56. The highest BCUT2D eigenvalue weighted by Gasteiger charge is 2.24. The van der Waals surface area contributed by atoms with E-state index in [1.54, 1.807) is 7.05 Å². The van der Waals surface area contributed by atoms with Crippen molar-refractivity contribution in [3.05, 3.63) is 0 Å². The summed E-state index contributed by atoms with van der Waals surface area (Å²) >= 11 is 0. The lowest BCUT2D eigenvalue weighted by molar-refractivity contribution is -0.144. The van der Waals surface area contributed by atoms with Gasteiger partial charge in [0.25, 0.3) is 0 Å². The molecule has 2 heterocycles. The number of halogens is 1. The summed E-state index contributed by atoms with van der Waals surface area (Å²) in [5.41, 5.74) is 0. The van der Waals surface area contributed by atoms with E-state index in [1.165, 1.54) is 20.0 Å². The van der Waals surface area contributed by atoms with E-state index >= 15 is 0 Å². The summed E-state index contributed by atoms with van der Waals surface area (Å²) < 4.78 is 16.5. The summed E-state index contributed by atoms with van der Waals surface area (Å²) in [4.78, 5) is 18.0. The molecule has 0 spiro atoms. The third-order valence-corrected chi connectivity index (χ3v) is 4.92. The Morgan fingerprint density at radius 3 is 2.62 bits per heavy atom. The molecular formula is C18H34IN3O4. The van der Waals surface area contributed by atoms with Crippen LogP contribution in [-0.4, -0.2) is 76.0 Å². The van der Waals surface area contributed by atoms with E-state index in [1.807, 2.05) is 6.92 Å². The minimum atomic E-state index is -0.208. The quantitative estimate of drug-likeness (QED) is 0.270. The molecule has 0 saturated carbocycles. The maximum absolute atomic E-state index is 11.5. The van der Waals surface area contributed by atoms with Gasteiger partial charge in [-0.1, -0.05) is 6.92 Å². The largest absolute Gasteiger partial charge is 0.469 e. The molecule has 0 aromatic heterocycles. The van der Waals surface area contributed by atoms with E-state index in [4.69, 9.17) is 14.2 Å². The van der Waals surface area contributed by atoms with Gasteiger partial charge in [0.05, 0.1) is 31.8 Å². The van der Waals surface area contributed by atoms with Crippen LogP contribution < -0.4 is 5.32 Å². The smallest absolute Gasteiger partial charge is 0.310 e. The highest BCUT2D eigenvalue weighted by molar-refractivity contribution is 14.0. The Balaban J connectivity index is 0.00000338. The lowest BCUT2D eigenvalue weighted by Crippen LogP contribution is -2.48. The molecule has 2 aliphatic rings. The van der Waals surface area contributed by atoms with Gasteiger partial charge >= 0.3 is 5.97 Å². The molecule has 2 aliphatic heterocycles. The molecule has 8 heteroatoms. The number of esters is 1. The van der Waals surface area contributed by atoms with Crippen LogP contribution in [0.5, 0.6) is 0 Å². The van der Waals surface area contributed by atoms with Crippen molar-refractivity contribution in [3.63, 3.8) is 0 Å². The third-order valence-electron chi connectivity index (χ3n) is 4.92. The van der Waals surface area contributed by atoms with Crippen LogP contribution in [0.4, 0.5) is 0 Å². The summed E-state index contributed by atoms with van der Waals surface area (Å²) in [6.07, 6.45) is 6.09. The van der Waals surface area contributed by atoms with Gasteiger partial charge in [-0.25, -0.2) is 0 Å². The van der Waals surface area contributed by atoms with E-state index in [-0.39, 0.29) is 42.0 Å². The zero-order valence-corrected chi connectivity index (χ0v) is 18.6. The lowest BCUT2D eigenvalue weighted by atomic mass is 10.1. The van der Waals surface area contributed by atoms with Crippen LogP contribution in [0, 0.1) is 5.92 Å². The first-order chi connectivity index (χ1) is 12.1. The number of hydrogen-bond acceptors (Lipinski definition) is 5. The number of guanidine groups is 1. The molecule has 1 N–H and O–H groups in total. The summed E-state index contributed by atoms with van der Waals surface area (Å²) in [7, 11) is 3.19. The van der Waals surface area contributed by atoms with Crippen molar-refractivity contribution in [2.75, 3.05) is 47.0 Å².